The van der Waals surface area contributed by atoms with E-state index in [2.05, 4.69) is 0 Å². The van der Waals surface area contributed by atoms with Crippen molar-refractivity contribution < 1.29 is 19.8 Å². The standard InChI is InChI=1S/C17H23ClN2O4S/c18-13-5-4-12(25-13)14(17(24)6-2-1-3-7-17)15(21)19-8-10-20(11-9-19)16(22)23/h4-5,14,24H,1-3,6-11H2,(H,22,23). The van der Waals surface area contributed by atoms with Gasteiger partial charge in [0.05, 0.1) is 9.94 Å². The molecular formula is C17H23ClN2O4S. The van der Waals surface area contributed by atoms with Crippen molar-refractivity contribution in [2.75, 3.05) is 26.2 Å². The Morgan fingerprint density at radius 3 is 2.20 bits per heavy atom. The van der Waals surface area contributed by atoms with Crippen molar-refractivity contribution in [3.63, 3.8) is 0 Å². The molecule has 0 radical (unpaired) electrons. The summed E-state index contributed by atoms with van der Waals surface area (Å²) < 4.78 is 0.600. The Balaban J connectivity index is 1.82. The van der Waals surface area contributed by atoms with Crippen LogP contribution in [0.2, 0.25) is 4.34 Å². The second-order valence-corrected chi connectivity index (χ2v) is 8.58. The fourth-order valence-electron chi connectivity index (χ4n) is 3.85. The fourth-order valence-corrected chi connectivity index (χ4v) is 5.12. The Kier molecular flexibility index (Phi) is 5.55. The van der Waals surface area contributed by atoms with Crippen molar-refractivity contribution in [3.05, 3.63) is 21.3 Å². The van der Waals surface area contributed by atoms with Crippen molar-refractivity contribution in [3.8, 4) is 0 Å². The number of aliphatic hydroxyl groups is 1. The van der Waals surface area contributed by atoms with Crippen molar-refractivity contribution in [2.45, 2.75) is 43.6 Å². The summed E-state index contributed by atoms with van der Waals surface area (Å²) in [6.07, 6.45) is 3.14. The summed E-state index contributed by atoms with van der Waals surface area (Å²) in [7, 11) is 0. The molecule has 138 valence electrons. The molecule has 0 bridgehead atoms. The lowest BCUT2D eigenvalue weighted by molar-refractivity contribution is -0.143. The molecular weight excluding hydrogens is 364 g/mol. The van der Waals surface area contributed by atoms with E-state index in [1.54, 1.807) is 11.0 Å². The molecule has 1 saturated carbocycles. The van der Waals surface area contributed by atoms with Crippen LogP contribution in [-0.4, -0.2) is 63.8 Å². The molecule has 1 atom stereocenters. The normalized spacial score (nSPS) is 21.8. The Labute approximate surface area is 156 Å². The predicted molar refractivity (Wildman–Crippen MR) is 96.3 cm³/mol. The maximum Gasteiger partial charge on any atom is 0.407 e. The van der Waals surface area contributed by atoms with E-state index in [-0.39, 0.29) is 5.91 Å². The molecule has 1 aliphatic carbocycles. The molecule has 1 aromatic rings. The summed E-state index contributed by atoms with van der Waals surface area (Å²) in [5.74, 6) is -0.741. The largest absolute Gasteiger partial charge is 0.465 e. The quantitative estimate of drug-likeness (QED) is 0.836. The number of nitrogens with zero attached hydrogens (tertiary/aromatic N) is 2. The van der Waals surface area contributed by atoms with Gasteiger partial charge in [0.1, 0.15) is 5.92 Å². The molecule has 3 rings (SSSR count). The van der Waals surface area contributed by atoms with Crippen LogP contribution in [0.15, 0.2) is 12.1 Å². The highest BCUT2D eigenvalue weighted by molar-refractivity contribution is 7.16. The first-order chi connectivity index (χ1) is 11.9. The van der Waals surface area contributed by atoms with Crippen LogP contribution in [-0.2, 0) is 4.79 Å². The molecule has 6 nitrogen and oxygen atoms in total. The molecule has 1 aromatic heterocycles. The number of hydrogen-bond acceptors (Lipinski definition) is 4. The van der Waals surface area contributed by atoms with E-state index < -0.39 is 17.6 Å². The van der Waals surface area contributed by atoms with E-state index in [4.69, 9.17) is 16.7 Å². The van der Waals surface area contributed by atoms with Crippen LogP contribution in [0.25, 0.3) is 0 Å². The van der Waals surface area contributed by atoms with Crippen LogP contribution >= 0.6 is 22.9 Å². The van der Waals surface area contributed by atoms with Gasteiger partial charge in [0.25, 0.3) is 0 Å². The lowest BCUT2D eigenvalue weighted by atomic mass is 9.74. The Morgan fingerprint density at radius 2 is 1.68 bits per heavy atom. The lowest BCUT2D eigenvalue weighted by Gasteiger charge is -2.42. The second kappa shape index (κ2) is 7.51. The molecule has 25 heavy (non-hydrogen) atoms. The van der Waals surface area contributed by atoms with Gasteiger partial charge in [-0.15, -0.1) is 11.3 Å². The van der Waals surface area contributed by atoms with Crippen LogP contribution in [0, 0.1) is 0 Å². The second-order valence-electron chi connectivity index (χ2n) is 6.83. The maximum atomic E-state index is 13.3. The Bertz CT molecular complexity index is 636. The molecule has 8 heteroatoms. The molecule has 2 heterocycles. The van der Waals surface area contributed by atoms with Crippen LogP contribution in [0.4, 0.5) is 4.79 Å². The maximum absolute atomic E-state index is 13.3. The van der Waals surface area contributed by atoms with Gasteiger partial charge in [-0.3, -0.25) is 4.79 Å². The van der Waals surface area contributed by atoms with Crippen molar-refractivity contribution in [1.82, 2.24) is 9.80 Å². The first-order valence-corrected chi connectivity index (χ1v) is 9.84. The van der Waals surface area contributed by atoms with Gasteiger partial charge in [0.2, 0.25) is 5.91 Å². The minimum Gasteiger partial charge on any atom is -0.465 e. The van der Waals surface area contributed by atoms with E-state index in [0.29, 0.717) is 43.4 Å². The van der Waals surface area contributed by atoms with Gasteiger partial charge in [-0.1, -0.05) is 30.9 Å². The molecule has 2 fully saturated rings. The third kappa shape index (κ3) is 3.93. The lowest BCUT2D eigenvalue weighted by Crippen LogP contribution is -2.54. The summed E-state index contributed by atoms with van der Waals surface area (Å²) in [6, 6.07) is 3.59. The predicted octanol–water partition coefficient (Wildman–Crippen LogP) is 3.00. The van der Waals surface area contributed by atoms with Gasteiger partial charge >= 0.3 is 6.09 Å². The minimum atomic E-state index is -1.05. The van der Waals surface area contributed by atoms with Crippen molar-refractivity contribution in [2.24, 2.45) is 0 Å². The molecule has 0 aromatic carbocycles. The highest BCUT2D eigenvalue weighted by Crippen LogP contribution is 2.43. The molecule has 2 N–H and O–H groups in total. The number of rotatable bonds is 3. The van der Waals surface area contributed by atoms with Crippen LogP contribution in [0.3, 0.4) is 0 Å². The number of piperazine rings is 1. The van der Waals surface area contributed by atoms with Crippen LogP contribution in [0.1, 0.15) is 42.9 Å². The zero-order valence-corrected chi connectivity index (χ0v) is 15.6. The van der Waals surface area contributed by atoms with E-state index in [9.17, 15) is 14.7 Å². The van der Waals surface area contributed by atoms with Gasteiger partial charge in [-0.25, -0.2) is 4.79 Å². The molecule has 1 unspecified atom stereocenters. The summed E-state index contributed by atoms with van der Waals surface area (Å²) in [4.78, 5) is 28.1. The molecule has 1 saturated heterocycles. The van der Waals surface area contributed by atoms with Crippen molar-refractivity contribution >= 4 is 34.9 Å². The molecule has 1 aliphatic heterocycles. The fraction of sp³-hybridized carbons (Fsp3) is 0.647. The summed E-state index contributed by atoms with van der Waals surface area (Å²) in [6.45, 7) is 1.32. The summed E-state index contributed by atoms with van der Waals surface area (Å²) in [5.41, 5.74) is -1.05. The van der Waals surface area contributed by atoms with Gasteiger partial charge in [-0.2, -0.15) is 0 Å². The van der Waals surface area contributed by atoms with Gasteiger partial charge in [0, 0.05) is 31.1 Å². The number of carbonyl (C=O) groups is 2. The average Bonchev–Trinajstić information content (AvgIpc) is 3.01. The van der Waals surface area contributed by atoms with Gasteiger partial charge in [-0.05, 0) is 25.0 Å². The smallest absolute Gasteiger partial charge is 0.407 e. The number of thiophene rings is 1. The van der Waals surface area contributed by atoms with E-state index in [1.807, 2.05) is 6.07 Å². The summed E-state index contributed by atoms with van der Waals surface area (Å²) >= 11 is 7.41. The minimum absolute atomic E-state index is 0.118. The Morgan fingerprint density at radius 1 is 1.08 bits per heavy atom. The molecule has 0 spiro atoms. The number of carboxylic acid groups (broad SMARTS) is 1. The zero-order valence-electron chi connectivity index (χ0n) is 14.0. The first-order valence-electron chi connectivity index (χ1n) is 8.65. The number of hydrogen-bond donors (Lipinski definition) is 2. The van der Waals surface area contributed by atoms with Crippen LogP contribution in [0.5, 0.6) is 0 Å². The van der Waals surface area contributed by atoms with E-state index >= 15 is 0 Å². The third-order valence-corrected chi connectivity index (χ3v) is 6.54. The topological polar surface area (TPSA) is 81.1 Å². The first kappa shape index (κ1) is 18.5. The SMILES string of the molecule is O=C(O)N1CCN(C(=O)C(c2ccc(Cl)s2)C2(O)CCCCC2)CC1. The third-order valence-electron chi connectivity index (χ3n) is 5.24. The van der Waals surface area contributed by atoms with E-state index in [1.165, 1.54) is 16.2 Å². The monoisotopic (exact) mass is 386 g/mol. The molecule has 2 aliphatic rings. The van der Waals surface area contributed by atoms with Crippen molar-refractivity contribution in [1.29, 1.82) is 0 Å². The average molecular weight is 387 g/mol. The Hall–Kier alpha value is -1.31. The van der Waals surface area contributed by atoms with E-state index in [0.717, 1.165) is 24.1 Å². The van der Waals surface area contributed by atoms with Gasteiger partial charge in [0.15, 0.2) is 0 Å². The number of halogens is 1. The van der Waals surface area contributed by atoms with Gasteiger partial charge < -0.3 is 20.0 Å². The zero-order chi connectivity index (χ0) is 18.0. The number of amides is 2. The molecule has 2 amide bonds. The van der Waals surface area contributed by atoms with Crippen LogP contribution < -0.4 is 0 Å². The highest BCUT2D eigenvalue weighted by Gasteiger charge is 2.45. The number of carbonyl (C=O) groups excluding carboxylic acids is 1. The highest BCUT2D eigenvalue weighted by atomic mass is 35.5. The summed E-state index contributed by atoms with van der Waals surface area (Å²) in [5, 5.41) is 20.3.